The second-order valence-electron chi connectivity index (χ2n) is 4.59. The fraction of sp³-hybridized carbons (Fsp3) is 0.545. The molecule has 3 heterocycles. The summed E-state index contributed by atoms with van der Waals surface area (Å²) >= 11 is 0. The van der Waals surface area contributed by atoms with E-state index in [1.54, 1.807) is 6.20 Å². The lowest BCUT2D eigenvalue weighted by molar-refractivity contribution is 0.188. The average Bonchev–Trinajstić information content (AvgIpc) is 2.87. The average molecular weight is 263 g/mol. The number of fused-ring (bicyclic) bond motifs is 1. The molecule has 0 spiro atoms. The summed E-state index contributed by atoms with van der Waals surface area (Å²) in [6.45, 7) is 4.45. The van der Waals surface area contributed by atoms with E-state index < -0.39 is 0 Å². The van der Waals surface area contributed by atoms with E-state index >= 15 is 0 Å². The Morgan fingerprint density at radius 3 is 2.79 bits per heavy atom. The summed E-state index contributed by atoms with van der Waals surface area (Å²) in [7, 11) is 0. The van der Waals surface area contributed by atoms with Gasteiger partial charge < -0.3 is 15.7 Å². The van der Waals surface area contributed by atoms with Crippen LogP contribution in [0.15, 0.2) is 6.20 Å². The Morgan fingerprint density at radius 2 is 2.05 bits per heavy atom. The molecule has 102 valence electrons. The lowest BCUT2D eigenvalue weighted by atomic mass is 10.3. The van der Waals surface area contributed by atoms with Gasteiger partial charge in [0.2, 0.25) is 5.95 Å². The molecule has 0 bridgehead atoms. The maximum Gasteiger partial charge on any atom is 0.224 e. The van der Waals surface area contributed by atoms with Crippen molar-refractivity contribution in [3.05, 3.63) is 6.20 Å². The number of piperazine rings is 1. The number of aromatic nitrogens is 4. The molecule has 19 heavy (non-hydrogen) atoms. The van der Waals surface area contributed by atoms with Gasteiger partial charge in [-0.2, -0.15) is 15.1 Å². The van der Waals surface area contributed by atoms with E-state index in [1.165, 1.54) is 0 Å². The highest BCUT2D eigenvalue weighted by Crippen LogP contribution is 2.23. The van der Waals surface area contributed by atoms with Gasteiger partial charge in [0, 0.05) is 32.7 Å². The minimum Gasteiger partial charge on any atom is -0.395 e. The first-order chi connectivity index (χ1) is 9.28. The van der Waals surface area contributed by atoms with Crippen LogP contribution in [0.4, 0.5) is 11.8 Å². The van der Waals surface area contributed by atoms with E-state index in [-0.39, 0.29) is 12.6 Å². The van der Waals surface area contributed by atoms with Crippen molar-refractivity contribution in [1.82, 2.24) is 25.1 Å². The number of hydrogen-bond donors (Lipinski definition) is 3. The van der Waals surface area contributed by atoms with E-state index in [9.17, 15) is 0 Å². The number of rotatable bonds is 3. The lowest BCUT2D eigenvalue weighted by Gasteiger charge is -2.35. The number of aliphatic hydroxyl groups excluding tert-OH is 1. The van der Waals surface area contributed by atoms with Gasteiger partial charge in [-0.15, -0.1) is 0 Å². The molecule has 1 saturated heterocycles. The standard InChI is InChI=1S/C11H17N7O/c12-11-14-9-8(7-13-16-9)10(15-11)18-3-1-17(2-4-18)5-6-19/h7,19H,1-6H2,(H3,12,13,14,15,16). The molecule has 0 aromatic carbocycles. The predicted molar refractivity (Wildman–Crippen MR) is 71.8 cm³/mol. The molecule has 0 amide bonds. The van der Waals surface area contributed by atoms with Crippen molar-refractivity contribution in [3.63, 3.8) is 0 Å². The third kappa shape index (κ3) is 2.32. The first-order valence-corrected chi connectivity index (χ1v) is 6.32. The number of nitrogen functional groups attached to an aromatic ring is 1. The number of aromatic amines is 1. The number of nitrogens with zero attached hydrogens (tertiary/aromatic N) is 5. The zero-order chi connectivity index (χ0) is 13.2. The number of anilines is 2. The van der Waals surface area contributed by atoms with Crippen LogP contribution < -0.4 is 10.6 Å². The first kappa shape index (κ1) is 12.1. The van der Waals surface area contributed by atoms with Crippen LogP contribution in [-0.4, -0.2) is 69.5 Å². The Balaban J connectivity index is 1.83. The molecule has 1 aliphatic heterocycles. The Morgan fingerprint density at radius 1 is 1.26 bits per heavy atom. The first-order valence-electron chi connectivity index (χ1n) is 6.32. The Labute approximate surface area is 110 Å². The highest BCUT2D eigenvalue weighted by atomic mass is 16.3. The monoisotopic (exact) mass is 263 g/mol. The number of nitrogens with one attached hydrogen (secondary N) is 1. The lowest BCUT2D eigenvalue weighted by Crippen LogP contribution is -2.47. The third-order valence-corrected chi connectivity index (χ3v) is 3.39. The van der Waals surface area contributed by atoms with Crippen LogP contribution in [0, 0.1) is 0 Å². The SMILES string of the molecule is Nc1nc(N2CCN(CCO)CC2)c2cn[nH]c2n1. The van der Waals surface area contributed by atoms with E-state index in [4.69, 9.17) is 10.8 Å². The third-order valence-electron chi connectivity index (χ3n) is 3.39. The molecule has 1 fully saturated rings. The smallest absolute Gasteiger partial charge is 0.224 e. The quantitative estimate of drug-likeness (QED) is 0.655. The van der Waals surface area contributed by atoms with Crippen molar-refractivity contribution in [2.45, 2.75) is 0 Å². The predicted octanol–water partition coefficient (Wildman–Crippen LogP) is -0.951. The van der Waals surface area contributed by atoms with Crippen molar-refractivity contribution < 1.29 is 5.11 Å². The molecule has 1 aliphatic rings. The second-order valence-corrected chi connectivity index (χ2v) is 4.59. The molecule has 0 saturated carbocycles. The summed E-state index contributed by atoms with van der Waals surface area (Å²) in [6, 6.07) is 0. The second kappa shape index (κ2) is 4.98. The number of hydrogen-bond acceptors (Lipinski definition) is 7. The fourth-order valence-electron chi connectivity index (χ4n) is 2.40. The Kier molecular flexibility index (Phi) is 3.18. The fourth-order valence-corrected chi connectivity index (χ4v) is 2.40. The summed E-state index contributed by atoms with van der Waals surface area (Å²) in [5.74, 6) is 1.09. The number of H-pyrrole nitrogens is 1. The van der Waals surface area contributed by atoms with E-state index in [2.05, 4.69) is 30.0 Å². The van der Waals surface area contributed by atoms with Crippen LogP contribution in [0.3, 0.4) is 0 Å². The molecular weight excluding hydrogens is 246 g/mol. The van der Waals surface area contributed by atoms with Crippen LogP contribution in [0.25, 0.3) is 11.0 Å². The number of aliphatic hydroxyl groups is 1. The summed E-state index contributed by atoms with van der Waals surface area (Å²) in [6.07, 6.45) is 1.73. The molecule has 4 N–H and O–H groups in total. The molecule has 2 aromatic heterocycles. The van der Waals surface area contributed by atoms with Gasteiger partial charge in [-0.3, -0.25) is 10.00 Å². The number of β-amino-alcohol motifs (C(OH)–C–C–N with tert-alkyl or cyclic N) is 1. The van der Waals surface area contributed by atoms with Crippen LogP contribution in [0.2, 0.25) is 0 Å². The van der Waals surface area contributed by atoms with E-state index in [0.717, 1.165) is 43.9 Å². The molecule has 8 heteroatoms. The molecule has 8 nitrogen and oxygen atoms in total. The number of nitrogens with two attached hydrogens (primary N) is 1. The minimum absolute atomic E-state index is 0.201. The highest BCUT2D eigenvalue weighted by Gasteiger charge is 2.20. The molecule has 2 aromatic rings. The summed E-state index contributed by atoms with van der Waals surface area (Å²) in [4.78, 5) is 12.9. The van der Waals surface area contributed by atoms with Crippen LogP contribution in [0.1, 0.15) is 0 Å². The summed E-state index contributed by atoms with van der Waals surface area (Å²) in [5.41, 5.74) is 6.39. The summed E-state index contributed by atoms with van der Waals surface area (Å²) in [5, 5.41) is 16.6. The van der Waals surface area contributed by atoms with Crippen LogP contribution >= 0.6 is 0 Å². The van der Waals surface area contributed by atoms with E-state index in [0.29, 0.717) is 5.65 Å². The van der Waals surface area contributed by atoms with Crippen molar-refractivity contribution in [1.29, 1.82) is 0 Å². The molecule has 0 aliphatic carbocycles. The van der Waals surface area contributed by atoms with Crippen molar-refractivity contribution in [3.8, 4) is 0 Å². The molecular formula is C11H17N7O. The van der Waals surface area contributed by atoms with Gasteiger partial charge in [-0.1, -0.05) is 0 Å². The van der Waals surface area contributed by atoms with Gasteiger partial charge >= 0.3 is 0 Å². The van der Waals surface area contributed by atoms with Gasteiger partial charge in [-0.05, 0) is 0 Å². The van der Waals surface area contributed by atoms with Gasteiger partial charge in [0.05, 0.1) is 18.2 Å². The zero-order valence-corrected chi connectivity index (χ0v) is 10.6. The van der Waals surface area contributed by atoms with E-state index in [1.807, 2.05) is 0 Å². The topological polar surface area (TPSA) is 107 Å². The van der Waals surface area contributed by atoms with Gasteiger partial charge in [0.25, 0.3) is 0 Å². The zero-order valence-electron chi connectivity index (χ0n) is 10.6. The van der Waals surface area contributed by atoms with Gasteiger partial charge in [0.15, 0.2) is 5.65 Å². The molecule has 0 unspecified atom stereocenters. The maximum atomic E-state index is 8.95. The van der Waals surface area contributed by atoms with Gasteiger partial charge in [0.1, 0.15) is 5.82 Å². The highest BCUT2D eigenvalue weighted by molar-refractivity contribution is 5.87. The Hall–Kier alpha value is -1.93. The largest absolute Gasteiger partial charge is 0.395 e. The maximum absolute atomic E-state index is 8.95. The van der Waals surface area contributed by atoms with Crippen LogP contribution in [0.5, 0.6) is 0 Å². The normalized spacial score (nSPS) is 17.2. The Bertz CT molecular complexity index is 561. The van der Waals surface area contributed by atoms with Crippen molar-refractivity contribution in [2.24, 2.45) is 0 Å². The van der Waals surface area contributed by atoms with Crippen molar-refractivity contribution in [2.75, 3.05) is 50.0 Å². The summed E-state index contributed by atoms with van der Waals surface area (Å²) < 4.78 is 0. The molecule has 3 rings (SSSR count). The molecule has 0 radical (unpaired) electrons. The minimum atomic E-state index is 0.201. The van der Waals surface area contributed by atoms with Crippen LogP contribution in [-0.2, 0) is 0 Å². The molecule has 0 atom stereocenters. The van der Waals surface area contributed by atoms with Crippen molar-refractivity contribution >= 4 is 22.8 Å². The van der Waals surface area contributed by atoms with Gasteiger partial charge in [-0.25, -0.2) is 0 Å².